The molecule has 0 aliphatic rings. The van der Waals surface area contributed by atoms with Gasteiger partial charge in [0.05, 0.1) is 12.1 Å². The van der Waals surface area contributed by atoms with Crippen LogP contribution in [0.3, 0.4) is 0 Å². The summed E-state index contributed by atoms with van der Waals surface area (Å²) >= 11 is 0. The van der Waals surface area contributed by atoms with E-state index < -0.39 is 0 Å². The van der Waals surface area contributed by atoms with Crippen molar-refractivity contribution in [2.24, 2.45) is 0 Å². The summed E-state index contributed by atoms with van der Waals surface area (Å²) in [5.41, 5.74) is 1.77. The zero-order chi connectivity index (χ0) is 10.7. The molecular formula is C12H15N2O+. The minimum Gasteiger partial charge on any atom is -0.343 e. The molecular weight excluding hydrogens is 188 g/mol. The van der Waals surface area contributed by atoms with Gasteiger partial charge in [0.1, 0.15) is 6.54 Å². The van der Waals surface area contributed by atoms with E-state index in [1.165, 1.54) is 0 Å². The third kappa shape index (κ3) is 2.07. The van der Waals surface area contributed by atoms with Crippen LogP contribution in [0.2, 0.25) is 0 Å². The highest BCUT2D eigenvalue weighted by Gasteiger charge is 2.02. The molecule has 2 rings (SSSR count). The molecule has 0 unspecified atom stereocenters. The fourth-order valence-electron chi connectivity index (χ4n) is 1.64. The van der Waals surface area contributed by atoms with Crippen LogP contribution >= 0.6 is 0 Å². The molecule has 0 saturated carbocycles. The fourth-order valence-corrected chi connectivity index (χ4v) is 1.64. The van der Waals surface area contributed by atoms with E-state index >= 15 is 0 Å². The summed E-state index contributed by atoms with van der Waals surface area (Å²) in [6.07, 6.45) is 0. The van der Waals surface area contributed by atoms with Crippen LogP contribution in [0, 0.1) is 0 Å². The van der Waals surface area contributed by atoms with Crippen LogP contribution < -0.4 is 10.9 Å². The van der Waals surface area contributed by atoms with Gasteiger partial charge in [0.25, 0.3) is 5.56 Å². The van der Waals surface area contributed by atoms with Gasteiger partial charge in [0.2, 0.25) is 0 Å². The minimum atomic E-state index is 0.0263. The Morgan fingerprint density at radius 2 is 2.13 bits per heavy atom. The lowest BCUT2D eigenvalue weighted by Gasteiger charge is -2.01. The number of pyridine rings is 1. The zero-order valence-electron chi connectivity index (χ0n) is 8.79. The molecule has 2 aromatic rings. The average molecular weight is 203 g/mol. The lowest BCUT2D eigenvalue weighted by Crippen LogP contribution is -2.82. The van der Waals surface area contributed by atoms with Crippen molar-refractivity contribution in [1.29, 1.82) is 0 Å². The lowest BCUT2D eigenvalue weighted by molar-refractivity contribution is -0.667. The van der Waals surface area contributed by atoms with Gasteiger partial charge in [-0.1, -0.05) is 18.2 Å². The molecule has 1 aromatic carbocycles. The Balaban J connectivity index is 2.48. The number of para-hydroxylation sites is 1. The third-order valence-electron chi connectivity index (χ3n) is 2.48. The normalized spacial score (nSPS) is 10.7. The maximum absolute atomic E-state index is 11.7. The zero-order valence-corrected chi connectivity index (χ0v) is 8.79. The van der Waals surface area contributed by atoms with E-state index in [0.29, 0.717) is 0 Å². The number of benzene rings is 1. The summed E-state index contributed by atoms with van der Waals surface area (Å²) in [4.78, 5) is 14.6. The molecule has 0 atom stereocenters. The highest BCUT2D eigenvalue weighted by molar-refractivity contribution is 5.78. The van der Waals surface area contributed by atoms with Crippen molar-refractivity contribution in [1.82, 2.24) is 4.98 Å². The number of nitrogens with one attached hydrogen (secondary N) is 1. The van der Waals surface area contributed by atoms with Crippen LogP contribution in [0.15, 0.2) is 35.1 Å². The number of hydrogen-bond acceptors (Lipinski definition) is 1. The Kier molecular flexibility index (Phi) is 2.83. The topological polar surface area (TPSA) is 49.5 Å². The van der Waals surface area contributed by atoms with Crippen LogP contribution in [0.1, 0.15) is 12.5 Å². The number of hydrogen-bond donors (Lipinski definition) is 2. The Labute approximate surface area is 88.1 Å². The molecule has 0 aliphatic heterocycles. The summed E-state index contributed by atoms with van der Waals surface area (Å²) in [5.74, 6) is 0. The molecule has 1 heterocycles. The number of aromatic amines is 1. The average Bonchev–Trinajstić information content (AvgIpc) is 2.26. The van der Waals surface area contributed by atoms with Crippen molar-refractivity contribution in [3.63, 3.8) is 0 Å². The maximum Gasteiger partial charge on any atom is 0.257 e. The van der Waals surface area contributed by atoms with Crippen molar-refractivity contribution < 1.29 is 5.32 Å². The first-order chi connectivity index (χ1) is 7.31. The predicted molar refractivity (Wildman–Crippen MR) is 60.7 cm³/mol. The second-order valence-corrected chi connectivity index (χ2v) is 3.61. The molecule has 3 heteroatoms. The number of quaternary nitrogens is 1. The standard InChI is InChI=1S/C12H14N2O/c1-2-13-8-10-7-9-5-3-4-6-11(9)14-12(10)15/h3-7,13H,2,8H2,1H3,(H,14,15)/p+1. The van der Waals surface area contributed by atoms with E-state index in [-0.39, 0.29) is 5.56 Å². The first-order valence-electron chi connectivity index (χ1n) is 5.24. The third-order valence-corrected chi connectivity index (χ3v) is 2.48. The van der Waals surface area contributed by atoms with Crippen LogP contribution in [-0.4, -0.2) is 11.5 Å². The van der Waals surface area contributed by atoms with Crippen molar-refractivity contribution in [2.45, 2.75) is 13.5 Å². The molecule has 0 amide bonds. The van der Waals surface area contributed by atoms with Crippen molar-refractivity contribution >= 4 is 10.9 Å². The minimum absolute atomic E-state index is 0.0263. The van der Waals surface area contributed by atoms with Crippen molar-refractivity contribution in [3.05, 3.63) is 46.2 Å². The Morgan fingerprint density at radius 3 is 2.93 bits per heavy atom. The lowest BCUT2D eigenvalue weighted by atomic mass is 10.1. The summed E-state index contributed by atoms with van der Waals surface area (Å²) in [6.45, 7) is 3.82. The monoisotopic (exact) mass is 203 g/mol. The smallest absolute Gasteiger partial charge is 0.257 e. The largest absolute Gasteiger partial charge is 0.343 e. The Bertz CT molecular complexity index is 516. The molecule has 0 fully saturated rings. The van der Waals surface area contributed by atoms with Crippen LogP contribution in [-0.2, 0) is 6.54 Å². The predicted octanol–water partition coefficient (Wildman–Crippen LogP) is 0.611. The Morgan fingerprint density at radius 1 is 1.33 bits per heavy atom. The number of rotatable bonds is 3. The molecule has 3 nitrogen and oxygen atoms in total. The SMILES string of the molecule is CC[NH2+]Cc1cc2ccccc2[nH]c1=O. The van der Waals surface area contributed by atoms with E-state index in [1.54, 1.807) is 0 Å². The van der Waals surface area contributed by atoms with Gasteiger partial charge in [-0.15, -0.1) is 0 Å². The maximum atomic E-state index is 11.7. The number of fused-ring (bicyclic) bond motifs is 1. The summed E-state index contributed by atoms with van der Waals surface area (Å²) in [6, 6.07) is 9.81. The molecule has 3 N–H and O–H groups in total. The van der Waals surface area contributed by atoms with Crippen LogP contribution in [0.4, 0.5) is 0 Å². The van der Waals surface area contributed by atoms with E-state index in [4.69, 9.17) is 0 Å². The van der Waals surface area contributed by atoms with E-state index in [0.717, 1.165) is 29.6 Å². The van der Waals surface area contributed by atoms with E-state index in [2.05, 4.69) is 17.2 Å². The molecule has 0 radical (unpaired) electrons. The molecule has 78 valence electrons. The van der Waals surface area contributed by atoms with Crippen molar-refractivity contribution in [2.75, 3.05) is 6.54 Å². The van der Waals surface area contributed by atoms with Gasteiger partial charge >= 0.3 is 0 Å². The molecule has 1 aromatic heterocycles. The Hall–Kier alpha value is -1.61. The highest BCUT2D eigenvalue weighted by atomic mass is 16.1. The number of nitrogens with two attached hydrogens (primary N) is 1. The number of aromatic nitrogens is 1. The van der Waals surface area contributed by atoms with Gasteiger partial charge in [-0.2, -0.15) is 0 Å². The highest BCUT2D eigenvalue weighted by Crippen LogP contribution is 2.09. The number of H-pyrrole nitrogens is 1. The van der Waals surface area contributed by atoms with Gasteiger partial charge in [-0.25, -0.2) is 0 Å². The van der Waals surface area contributed by atoms with Crippen LogP contribution in [0.5, 0.6) is 0 Å². The first-order valence-corrected chi connectivity index (χ1v) is 5.24. The fraction of sp³-hybridized carbons (Fsp3) is 0.250. The van der Waals surface area contributed by atoms with Crippen molar-refractivity contribution in [3.8, 4) is 0 Å². The summed E-state index contributed by atoms with van der Waals surface area (Å²) < 4.78 is 0. The molecule has 0 bridgehead atoms. The van der Waals surface area contributed by atoms with Gasteiger partial charge in [-0.05, 0) is 24.4 Å². The van der Waals surface area contributed by atoms with Gasteiger partial charge < -0.3 is 10.3 Å². The quantitative estimate of drug-likeness (QED) is 0.754. The van der Waals surface area contributed by atoms with E-state index in [9.17, 15) is 4.79 Å². The molecule has 15 heavy (non-hydrogen) atoms. The van der Waals surface area contributed by atoms with E-state index in [1.807, 2.05) is 30.3 Å². The first kappa shape index (κ1) is 9.93. The molecule has 0 aliphatic carbocycles. The molecule has 0 saturated heterocycles. The molecule has 0 spiro atoms. The van der Waals surface area contributed by atoms with Gasteiger partial charge in [0.15, 0.2) is 0 Å². The summed E-state index contributed by atoms with van der Waals surface area (Å²) in [5, 5.41) is 3.20. The van der Waals surface area contributed by atoms with Gasteiger partial charge in [-0.3, -0.25) is 4.79 Å². The second-order valence-electron chi connectivity index (χ2n) is 3.61. The van der Waals surface area contributed by atoms with Gasteiger partial charge in [0, 0.05) is 5.52 Å². The summed E-state index contributed by atoms with van der Waals surface area (Å²) in [7, 11) is 0. The second kappa shape index (κ2) is 4.28. The van der Waals surface area contributed by atoms with Crippen LogP contribution in [0.25, 0.3) is 10.9 Å².